The van der Waals surface area contributed by atoms with Gasteiger partial charge in [0.25, 0.3) is 0 Å². The van der Waals surface area contributed by atoms with Gasteiger partial charge in [-0.3, -0.25) is 9.59 Å². The number of fused-ring (bicyclic) bond motifs is 1. The summed E-state index contributed by atoms with van der Waals surface area (Å²) in [5.41, 5.74) is 0.806. The Hall–Kier alpha value is -1.42. The second kappa shape index (κ2) is 4.07. The Labute approximate surface area is 124 Å². The third kappa shape index (κ3) is 1.85. The number of ether oxygens (including phenoxy) is 1. The number of rotatable bonds is 2. The molecule has 0 saturated heterocycles. The predicted octanol–water partition coefficient (Wildman–Crippen LogP) is 2.32. The molecule has 0 aliphatic heterocycles. The highest BCUT2D eigenvalue weighted by atomic mass is 16.5. The van der Waals surface area contributed by atoms with Gasteiger partial charge in [-0.2, -0.15) is 0 Å². The van der Waals surface area contributed by atoms with Crippen LogP contribution in [0.5, 0.6) is 0 Å². The first-order chi connectivity index (χ1) is 9.63. The molecule has 0 bridgehead atoms. The van der Waals surface area contributed by atoms with Crippen molar-refractivity contribution in [3.8, 4) is 0 Å². The Bertz CT molecular complexity index is 604. The van der Waals surface area contributed by atoms with Gasteiger partial charge in [-0.05, 0) is 38.7 Å². The van der Waals surface area contributed by atoms with Gasteiger partial charge in [0.05, 0.1) is 0 Å². The third-order valence-corrected chi connectivity index (χ3v) is 5.54. The lowest BCUT2D eigenvalue weighted by Gasteiger charge is -2.38. The fraction of sp³-hybridized carbons (Fsp3) is 0.647. The van der Waals surface area contributed by atoms with E-state index in [9.17, 15) is 14.7 Å². The first kappa shape index (κ1) is 14.5. The van der Waals surface area contributed by atoms with E-state index in [-0.39, 0.29) is 29.2 Å². The van der Waals surface area contributed by atoms with Crippen LogP contribution in [0.4, 0.5) is 0 Å². The average molecular weight is 290 g/mol. The normalized spacial score (nSPS) is 36.6. The van der Waals surface area contributed by atoms with Gasteiger partial charge in [0.1, 0.15) is 12.2 Å². The zero-order valence-corrected chi connectivity index (χ0v) is 13.1. The van der Waals surface area contributed by atoms with Crippen LogP contribution in [-0.2, 0) is 14.3 Å². The fourth-order valence-electron chi connectivity index (χ4n) is 4.00. The molecular formula is C17H22O4. The summed E-state index contributed by atoms with van der Waals surface area (Å²) in [5, 5.41) is 10.7. The zero-order valence-electron chi connectivity index (χ0n) is 13.1. The molecule has 0 amide bonds. The van der Waals surface area contributed by atoms with Crippen LogP contribution < -0.4 is 0 Å². The molecule has 0 aromatic rings. The first-order valence-electron chi connectivity index (χ1n) is 7.47. The lowest BCUT2D eigenvalue weighted by atomic mass is 9.68. The van der Waals surface area contributed by atoms with Crippen molar-refractivity contribution in [2.75, 3.05) is 6.61 Å². The Morgan fingerprint density at radius 1 is 1.38 bits per heavy atom. The number of esters is 1. The summed E-state index contributed by atoms with van der Waals surface area (Å²) in [5.74, 6) is -0.487. The number of hydrogen-bond donors (Lipinski definition) is 1. The van der Waals surface area contributed by atoms with E-state index in [2.05, 4.69) is 0 Å². The smallest absolute Gasteiger partial charge is 0.302 e. The molecule has 4 nitrogen and oxygen atoms in total. The molecule has 1 spiro atoms. The minimum Gasteiger partial charge on any atom is -0.465 e. The number of carbonyl (C=O) groups is 2. The van der Waals surface area contributed by atoms with E-state index < -0.39 is 5.60 Å². The number of aliphatic hydroxyl groups is 1. The molecule has 3 aliphatic carbocycles. The minimum absolute atomic E-state index is 0.174. The van der Waals surface area contributed by atoms with Crippen molar-refractivity contribution in [3.05, 3.63) is 22.8 Å². The molecule has 2 atom stereocenters. The average Bonchev–Trinajstić information content (AvgIpc) is 3.13. The van der Waals surface area contributed by atoms with E-state index in [1.807, 2.05) is 19.9 Å². The van der Waals surface area contributed by atoms with Crippen molar-refractivity contribution in [1.29, 1.82) is 0 Å². The van der Waals surface area contributed by atoms with Crippen LogP contribution in [0.2, 0.25) is 0 Å². The Morgan fingerprint density at radius 3 is 2.52 bits per heavy atom. The maximum atomic E-state index is 12.7. The molecule has 0 heterocycles. The van der Waals surface area contributed by atoms with Crippen LogP contribution in [-0.4, -0.2) is 29.1 Å². The zero-order chi connectivity index (χ0) is 15.6. The van der Waals surface area contributed by atoms with Crippen molar-refractivity contribution in [1.82, 2.24) is 0 Å². The van der Waals surface area contributed by atoms with Crippen LogP contribution in [0.1, 0.15) is 47.0 Å². The van der Waals surface area contributed by atoms with Crippen molar-refractivity contribution < 1.29 is 19.4 Å². The first-order valence-corrected chi connectivity index (χ1v) is 7.47. The van der Waals surface area contributed by atoms with E-state index in [1.54, 1.807) is 6.92 Å². The van der Waals surface area contributed by atoms with Crippen molar-refractivity contribution in [3.63, 3.8) is 0 Å². The van der Waals surface area contributed by atoms with Gasteiger partial charge in [-0.25, -0.2) is 0 Å². The lowest BCUT2D eigenvalue weighted by molar-refractivity contribution is -0.143. The topological polar surface area (TPSA) is 63.6 Å². The number of Topliss-reactive ketones (excluding diaryl/α,β-unsaturated/α-hetero) is 1. The maximum Gasteiger partial charge on any atom is 0.302 e. The van der Waals surface area contributed by atoms with E-state index >= 15 is 0 Å². The Morgan fingerprint density at radius 2 is 2.00 bits per heavy atom. The highest BCUT2D eigenvalue weighted by molar-refractivity contribution is 6.08. The second-order valence-corrected chi connectivity index (χ2v) is 7.26. The van der Waals surface area contributed by atoms with Crippen LogP contribution in [0, 0.1) is 10.8 Å². The lowest BCUT2D eigenvalue weighted by Crippen LogP contribution is -2.49. The fourth-order valence-corrected chi connectivity index (χ4v) is 4.00. The summed E-state index contributed by atoms with van der Waals surface area (Å²) in [6.07, 6.45) is 4.33. The summed E-state index contributed by atoms with van der Waals surface area (Å²) in [4.78, 5) is 23.7. The third-order valence-electron chi connectivity index (χ3n) is 5.54. The van der Waals surface area contributed by atoms with Gasteiger partial charge in [0.2, 0.25) is 0 Å². The molecule has 114 valence electrons. The molecular weight excluding hydrogens is 268 g/mol. The Kier molecular flexibility index (Phi) is 2.81. The van der Waals surface area contributed by atoms with Crippen LogP contribution in [0.25, 0.3) is 0 Å². The molecule has 1 saturated carbocycles. The van der Waals surface area contributed by atoms with Gasteiger partial charge < -0.3 is 9.84 Å². The van der Waals surface area contributed by atoms with Gasteiger partial charge >= 0.3 is 5.97 Å². The monoisotopic (exact) mass is 290 g/mol. The van der Waals surface area contributed by atoms with Gasteiger partial charge in [0, 0.05) is 23.3 Å². The van der Waals surface area contributed by atoms with E-state index in [0.29, 0.717) is 12.0 Å². The second-order valence-electron chi connectivity index (χ2n) is 7.26. The van der Waals surface area contributed by atoms with E-state index in [1.165, 1.54) is 6.92 Å². The summed E-state index contributed by atoms with van der Waals surface area (Å²) in [7, 11) is 0. The summed E-state index contributed by atoms with van der Waals surface area (Å²) >= 11 is 0. The van der Waals surface area contributed by atoms with Gasteiger partial charge in [-0.1, -0.05) is 18.6 Å². The summed E-state index contributed by atoms with van der Waals surface area (Å²) in [6.45, 7) is 7.33. The molecule has 1 N–H and O–H groups in total. The molecule has 1 unspecified atom stereocenters. The van der Waals surface area contributed by atoms with Crippen molar-refractivity contribution in [2.45, 2.75) is 52.6 Å². The number of hydrogen-bond acceptors (Lipinski definition) is 4. The van der Waals surface area contributed by atoms with Crippen LogP contribution >= 0.6 is 0 Å². The summed E-state index contributed by atoms with van der Waals surface area (Å²) < 4.78 is 5.15. The molecule has 4 heteroatoms. The van der Waals surface area contributed by atoms with E-state index in [4.69, 9.17) is 4.74 Å². The van der Waals surface area contributed by atoms with Crippen molar-refractivity contribution in [2.24, 2.45) is 10.8 Å². The number of allylic oxidation sites excluding steroid dienone is 1. The Balaban J connectivity index is 2.01. The van der Waals surface area contributed by atoms with Crippen LogP contribution in [0.15, 0.2) is 22.8 Å². The van der Waals surface area contributed by atoms with Crippen LogP contribution in [0.3, 0.4) is 0 Å². The maximum absolute atomic E-state index is 12.7. The summed E-state index contributed by atoms with van der Waals surface area (Å²) in [6, 6.07) is 0. The number of ketones is 1. The predicted molar refractivity (Wildman–Crippen MR) is 77.4 cm³/mol. The minimum atomic E-state index is -1.31. The van der Waals surface area contributed by atoms with Crippen molar-refractivity contribution >= 4 is 11.8 Å². The highest BCUT2D eigenvalue weighted by Crippen LogP contribution is 2.65. The molecule has 21 heavy (non-hydrogen) atoms. The molecule has 0 aromatic carbocycles. The van der Waals surface area contributed by atoms with E-state index in [0.717, 1.165) is 24.0 Å². The molecule has 3 aliphatic rings. The molecule has 1 fully saturated rings. The standard InChI is InChI=1S/C17H22O4/c1-10-12-7-15(3,9-21-11(2)18)8-13(12)14(19)16(4,20)17(10)5-6-17/h8,20H,5-7,9H2,1-4H3/t15?,16-/m0/s1. The quantitative estimate of drug-likeness (QED) is 0.793. The molecule has 0 aromatic heterocycles. The highest BCUT2D eigenvalue weighted by Gasteiger charge is 2.65. The SMILES string of the molecule is CC(=O)OCC1(C)C=C2C(=O)[C@](C)(O)C3(CC3)C(C)=C2C1. The van der Waals surface area contributed by atoms with Gasteiger partial charge in [0.15, 0.2) is 5.78 Å². The molecule has 0 radical (unpaired) electrons. The molecule has 3 rings (SSSR count). The largest absolute Gasteiger partial charge is 0.465 e. The number of carbonyl (C=O) groups excluding carboxylic acids is 2. The van der Waals surface area contributed by atoms with Gasteiger partial charge in [-0.15, -0.1) is 0 Å².